The number of nitrogen functional groups attached to an aromatic ring is 1. The third-order valence-electron chi connectivity index (χ3n) is 4.71. The molecule has 8 nitrogen and oxygen atoms in total. The lowest BCUT2D eigenvalue weighted by molar-refractivity contribution is 0.0979. The van der Waals surface area contributed by atoms with Crippen molar-refractivity contribution < 1.29 is 22.6 Å². The summed E-state index contributed by atoms with van der Waals surface area (Å²) in [5.74, 6) is 5.42. The molecule has 0 aromatic heterocycles. The number of hydrogen-bond acceptors (Lipinski definition) is 7. The van der Waals surface area contributed by atoms with Gasteiger partial charge in [0, 0.05) is 22.4 Å². The Morgan fingerprint density at radius 1 is 0.793 bits per heavy atom. The number of hydrazine groups is 1. The van der Waals surface area contributed by atoms with Crippen molar-refractivity contribution in [1.29, 1.82) is 0 Å². The lowest BCUT2D eigenvalue weighted by Crippen LogP contribution is -2.31. The molecule has 1 aliphatic carbocycles. The van der Waals surface area contributed by atoms with Gasteiger partial charge in [-0.1, -0.05) is 36.4 Å². The van der Waals surface area contributed by atoms with Crippen molar-refractivity contribution in [3.05, 3.63) is 82.9 Å². The van der Waals surface area contributed by atoms with Crippen molar-refractivity contribution in [3.8, 4) is 0 Å². The summed E-state index contributed by atoms with van der Waals surface area (Å²) in [5.41, 5.74) is 6.48. The molecule has 0 saturated heterocycles. The second-order valence-corrected chi connectivity index (χ2v) is 7.87. The molecule has 0 radical (unpaired) electrons. The molecule has 3 aromatic rings. The largest absolute Gasteiger partial charge is 0.399 e. The molecule has 0 atom stereocenters. The molecule has 5 N–H and O–H groups in total. The molecule has 0 heterocycles. The number of nitrogens with two attached hydrogens (primary N) is 2. The molecule has 29 heavy (non-hydrogen) atoms. The quantitative estimate of drug-likeness (QED) is 0.202. The highest BCUT2D eigenvalue weighted by atomic mass is 32.2. The van der Waals surface area contributed by atoms with Crippen LogP contribution in [-0.4, -0.2) is 24.5 Å². The van der Waals surface area contributed by atoms with Crippen molar-refractivity contribution in [3.63, 3.8) is 0 Å². The van der Waals surface area contributed by atoms with Crippen LogP contribution in [0.1, 0.15) is 31.8 Å². The summed E-state index contributed by atoms with van der Waals surface area (Å²) in [6.07, 6.45) is 0. The molecule has 0 fully saturated rings. The van der Waals surface area contributed by atoms with Crippen LogP contribution in [0.15, 0.2) is 65.6 Å². The highest BCUT2D eigenvalue weighted by Gasteiger charge is 2.33. The van der Waals surface area contributed by atoms with E-state index in [0.717, 1.165) is 11.1 Å². The maximum absolute atomic E-state index is 13.1. The zero-order valence-corrected chi connectivity index (χ0v) is 15.7. The van der Waals surface area contributed by atoms with E-state index in [0.29, 0.717) is 0 Å². The van der Waals surface area contributed by atoms with Crippen molar-refractivity contribution >= 4 is 38.7 Å². The Bertz CT molecular complexity index is 1300. The Balaban J connectivity index is 1.94. The summed E-state index contributed by atoms with van der Waals surface area (Å²) in [6.45, 7) is 0. The van der Waals surface area contributed by atoms with Crippen LogP contribution in [0.5, 0.6) is 0 Å². The van der Waals surface area contributed by atoms with E-state index >= 15 is 0 Å². The van der Waals surface area contributed by atoms with E-state index < -0.39 is 20.8 Å². The number of anilines is 3. The number of rotatable bonds is 3. The van der Waals surface area contributed by atoms with Crippen LogP contribution in [0.2, 0.25) is 0 Å². The maximum Gasteiger partial charge on any atom is 0.296 e. The van der Waals surface area contributed by atoms with Gasteiger partial charge in [-0.25, -0.2) is 5.84 Å². The monoisotopic (exact) mass is 409 g/mol. The number of benzene rings is 3. The molecular formula is C20H15N3O5S. The summed E-state index contributed by atoms with van der Waals surface area (Å²) in [5, 5.41) is 0.945. The molecule has 0 amide bonds. The highest BCUT2D eigenvalue weighted by Crippen LogP contribution is 2.37. The van der Waals surface area contributed by atoms with E-state index in [-0.39, 0.29) is 45.1 Å². The zero-order chi connectivity index (χ0) is 20.9. The number of ketones is 2. The van der Waals surface area contributed by atoms with Crippen LogP contribution in [0.3, 0.4) is 0 Å². The van der Waals surface area contributed by atoms with Gasteiger partial charge in [0.1, 0.15) is 4.90 Å². The lowest BCUT2D eigenvalue weighted by Gasteiger charge is -2.26. The Morgan fingerprint density at radius 3 is 2.07 bits per heavy atom. The van der Waals surface area contributed by atoms with Crippen molar-refractivity contribution in [1.82, 2.24) is 0 Å². The summed E-state index contributed by atoms with van der Waals surface area (Å²) >= 11 is 0. The van der Waals surface area contributed by atoms with Crippen LogP contribution < -0.4 is 16.6 Å². The SMILES string of the molecule is Nc1ccc(N(N)c2cccc3c2C(=O)c2ccccc2C3=O)c(S(=O)(=O)O)c1. The zero-order valence-electron chi connectivity index (χ0n) is 14.9. The van der Waals surface area contributed by atoms with E-state index in [1.54, 1.807) is 24.3 Å². The normalized spacial score (nSPS) is 13.0. The van der Waals surface area contributed by atoms with Crippen LogP contribution in [0.4, 0.5) is 17.1 Å². The van der Waals surface area contributed by atoms with Crippen LogP contribution in [0.25, 0.3) is 0 Å². The lowest BCUT2D eigenvalue weighted by atomic mass is 9.83. The van der Waals surface area contributed by atoms with Gasteiger partial charge in [0.25, 0.3) is 10.1 Å². The van der Waals surface area contributed by atoms with E-state index in [1.165, 1.54) is 30.3 Å². The average molecular weight is 409 g/mol. The average Bonchev–Trinajstić information content (AvgIpc) is 2.70. The summed E-state index contributed by atoms with van der Waals surface area (Å²) < 4.78 is 33.2. The molecule has 0 spiro atoms. The molecule has 0 saturated carbocycles. The van der Waals surface area contributed by atoms with Gasteiger partial charge in [0.2, 0.25) is 0 Å². The molecule has 4 rings (SSSR count). The minimum Gasteiger partial charge on any atom is -0.399 e. The van der Waals surface area contributed by atoms with Gasteiger partial charge in [0.15, 0.2) is 11.6 Å². The third-order valence-corrected chi connectivity index (χ3v) is 5.59. The van der Waals surface area contributed by atoms with E-state index in [1.807, 2.05) is 0 Å². The number of nitrogens with zero attached hydrogens (tertiary/aromatic N) is 1. The Kier molecular flexibility index (Phi) is 4.23. The predicted octanol–water partition coefficient (Wildman–Crippen LogP) is 2.30. The third kappa shape index (κ3) is 2.97. The van der Waals surface area contributed by atoms with Gasteiger partial charge in [-0.15, -0.1) is 0 Å². The number of carbonyl (C=O) groups excluding carboxylic acids is 2. The van der Waals surface area contributed by atoms with Gasteiger partial charge in [0.05, 0.1) is 16.9 Å². The first-order valence-electron chi connectivity index (χ1n) is 8.43. The minimum absolute atomic E-state index is 0.0526. The number of hydrogen-bond donors (Lipinski definition) is 3. The fourth-order valence-corrected chi connectivity index (χ4v) is 4.11. The summed E-state index contributed by atoms with van der Waals surface area (Å²) in [7, 11) is -4.66. The van der Waals surface area contributed by atoms with Gasteiger partial charge in [-0.2, -0.15) is 8.42 Å². The van der Waals surface area contributed by atoms with Gasteiger partial charge >= 0.3 is 0 Å². The van der Waals surface area contributed by atoms with E-state index in [2.05, 4.69) is 0 Å². The summed E-state index contributed by atoms with van der Waals surface area (Å²) in [4.78, 5) is 25.5. The number of carbonyl (C=O) groups is 2. The van der Waals surface area contributed by atoms with Crippen molar-refractivity contribution in [2.45, 2.75) is 4.90 Å². The van der Waals surface area contributed by atoms with Crippen LogP contribution in [0, 0.1) is 0 Å². The van der Waals surface area contributed by atoms with Crippen LogP contribution >= 0.6 is 0 Å². The van der Waals surface area contributed by atoms with Crippen molar-refractivity contribution in [2.24, 2.45) is 5.84 Å². The van der Waals surface area contributed by atoms with Gasteiger partial charge < -0.3 is 5.73 Å². The summed E-state index contributed by atoms with van der Waals surface area (Å²) in [6, 6.07) is 14.7. The fourth-order valence-electron chi connectivity index (χ4n) is 3.39. The standard InChI is InChI=1S/C20H15N3O5S/c21-11-8-9-15(17(10-11)29(26,27)28)23(22)16-7-3-6-14-18(16)20(25)13-5-2-1-4-12(13)19(14)24/h1-10H,21-22H2,(H,26,27,28). The molecular weight excluding hydrogens is 394 g/mol. The van der Waals surface area contributed by atoms with E-state index in [9.17, 15) is 22.6 Å². The topological polar surface area (TPSA) is 144 Å². The molecule has 0 unspecified atom stereocenters. The van der Waals surface area contributed by atoms with E-state index in [4.69, 9.17) is 11.6 Å². The number of fused-ring (bicyclic) bond motifs is 2. The molecule has 1 aliphatic rings. The first kappa shape index (κ1) is 18.8. The second-order valence-electron chi connectivity index (χ2n) is 6.48. The smallest absolute Gasteiger partial charge is 0.296 e. The maximum atomic E-state index is 13.1. The van der Waals surface area contributed by atoms with Gasteiger partial charge in [-0.3, -0.25) is 19.2 Å². The van der Waals surface area contributed by atoms with Crippen LogP contribution in [-0.2, 0) is 10.1 Å². The first-order valence-corrected chi connectivity index (χ1v) is 9.87. The highest BCUT2D eigenvalue weighted by molar-refractivity contribution is 7.86. The predicted molar refractivity (Wildman–Crippen MR) is 107 cm³/mol. The molecule has 9 heteroatoms. The Labute approximate surface area is 166 Å². The molecule has 146 valence electrons. The van der Waals surface area contributed by atoms with Gasteiger partial charge in [-0.05, 0) is 24.3 Å². The molecule has 0 aliphatic heterocycles. The fraction of sp³-hybridized carbons (Fsp3) is 0. The Morgan fingerprint density at radius 2 is 1.41 bits per heavy atom. The molecule has 0 bridgehead atoms. The van der Waals surface area contributed by atoms with Crippen molar-refractivity contribution in [2.75, 3.05) is 10.7 Å². The first-order chi connectivity index (χ1) is 13.7. The second kappa shape index (κ2) is 6.52. The minimum atomic E-state index is -4.66. The Hall–Kier alpha value is -3.53. The molecule has 3 aromatic carbocycles.